The molecule has 9 nitrogen and oxygen atoms in total. The molecule has 3 N–H and O–H groups in total. The van der Waals surface area contributed by atoms with E-state index in [4.69, 9.17) is 5.73 Å². The van der Waals surface area contributed by atoms with E-state index >= 15 is 0 Å². The average molecular weight is 287 g/mol. The van der Waals surface area contributed by atoms with E-state index in [1.54, 1.807) is 0 Å². The van der Waals surface area contributed by atoms with E-state index in [1.807, 2.05) is 0 Å². The highest BCUT2D eigenvalue weighted by Crippen LogP contribution is 2.29. The van der Waals surface area contributed by atoms with E-state index in [-0.39, 0.29) is 5.95 Å². The highest BCUT2D eigenvalue weighted by atomic mass is 15.4. The molecule has 0 aliphatic carbocycles. The third kappa shape index (κ3) is 2.40. The molecule has 110 valence electrons. The molecule has 2 bridgehead atoms. The number of rotatable bonds is 3. The molecule has 0 spiro atoms. The maximum atomic E-state index is 5.77. The maximum Gasteiger partial charge on any atom is 0.258 e. The van der Waals surface area contributed by atoms with Gasteiger partial charge < -0.3 is 16.0 Å². The van der Waals surface area contributed by atoms with Crippen LogP contribution in [0.25, 0.3) is 5.95 Å². The second-order valence-corrected chi connectivity index (χ2v) is 5.55. The lowest BCUT2D eigenvalue weighted by Gasteiger charge is -2.44. The average Bonchev–Trinajstić information content (AvgIpc) is 3.02. The predicted molar refractivity (Wildman–Crippen MR) is 75.7 cm³/mol. The highest BCUT2D eigenvalue weighted by Gasteiger charge is 2.34. The van der Waals surface area contributed by atoms with Crippen molar-refractivity contribution in [3.05, 3.63) is 12.7 Å². The standard InChI is InChI=1S/C12H17N9/c13-10-17-11(19-12(18-10)21-7-14-6-15-21)16-9-5-20-3-1-8(9)2-4-20/h6-9H,1-5H2,(H3,13,16,17,18,19). The van der Waals surface area contributed by atoms with E-state index in [0.29, 0.717) is 23.9 Å². The fraction of sp³-hybridized carbons (Fsp3) is 0.583. The van der Waals surface area contributed by atoms with E-state index in [0.717, 1.165) is 6.54 Å². The number of piperidine rings is 3. The van der Waals surface area contributed by atoms with Gasteiger partial charge in [0, 0.05) is 12.6 Å². The number of nitrogens with zero attached hydrogens (tertiary/aromatic N) is 7. The van der Waals surface area contributed by atoms with Crippen molar-refractivity contribution in [2.24, 2.45) is 5.92 Å². The lowest BCUT2D eigenvalue weighted by molar-refractivity contribution is 0.0972. The third-order valence-electron chi connectivity index (χ3n) is 4.24. The molecule has 1 unspecified atom stereocenters. The Morgan fingerprint density at radius 3 is 2.71 bits per heavy atom. The van der Waals surface area contributed by atoms with Crippen LogP contribution in [-0.2, 0) is 0 Å². The number of nitrogens with two attached hydrogens (primary N) is 1. The van der Waals surface area contributed by atoms with E-state index < -0.39 is 0 Å². The minimum atomic E-state index is 0.180. The van der Waals surface area contributed by atoms with Gasteiger partial charge in [0.2, 0.25) is 11.9 Å². The van der Waals surface area contributed by atoms with Gasteiger partial charge in [0.1, 0.15) is 12.7 Å². The smallest absolute Gasteiger partial charge is 0.258 e. The lowest BCUT2D eigenvalue weighted by Crippen LogP contribution is -2.53. The van der Waals surface area contributed by atoms with Gasteiger partial charge in [0.25, 0.3) is 5.95 Å². The topological polar surface area (TPSA) is 111 Å². The van der Waals surface area contributed by atoms with Gasteiger partial charge in [-0.2, -0.15) is 24.7 Å². The molecule has 5 rings (SSSR count). The molecule has 0 amide bonds. The van der Waals surface area contributed by atoms with Crippen LogP contribution in [0, 0.1) is 5.92 Å². The summed E-state index contributed by atoms with van der Waals surface area (Å²) < 4.78 is 1.47. The van der Waals surface area contributed by atoms with Crippen LogP contribution in [0.2, 0.25) is 0 Å². The Morgan fingerprint density at radius 2 is 2.05 bits per heavy atom. The van der Waals surface area contributed by atoms with Crippen LogP contribution in [0.4, 0.5) is 11.9 Å². The summed E-state index contributed by atoms with van der Waals surface area (Å²) >= 11 is 0. The zero-order valence-corrected chi connectivity index (χ0v) is 11.6. The Hall–Kier alpha value is -2.29. The fourth-order valence-corrected chi connectivity index (χ4v) is 3.15. The molecule has 5 heterocycles. The molecule has 0 saturated carbocycles. The van der Waals surface area contributed by atoms with Crippen LogP contribution in [0.3, 0.4) is 0 Å². The number of anilines is 2. The first-order valence-corrected chi connectivity index (χ1v) is 7.13. The molecule has 0 radical (unpaired) electrons. The van der Waals surface area contributed by atoms with Crippen molar-refractivity contribution in [1.29, 1.82) is 0 Å². The van der Waals surface area contributed by atoms with Crippen molar-refractivity contribution in [2.45, 2.75) is 18.9 Å². The number of hydrogen-bond donors (Lipinski definition) is 2. The van der Waals surface area contributed by atoms with Crippen molar-refractivity contribution < 1.29 is 0 Å². The summed E-state index contributed by atoms with van der Waals surface area (Å²) in [5.74, 6) is 1.75. The Balaban J connectivity index is 1.58. The summed E-state index contributed by atoms with van der Waals surface area (Å²) in [6.45, 7) is 3.44. The molecule has 1 atom stereocenters. The number of nitrogens with one attached hydrogen (secondary N) is 1. The minimum absolute atomic E-state index is 0.180. The summed E-state index contributed by atoms with van der Waals surface area (Å²) in [6.07, 6.45) is 5.43. The van der Waals surface area contributed by atoms with Crippen LogP contribution in [0.15, 0.2) is 12.7 Å². The zero-order valence-electron chi connectivity index (χ0n) is 11.6. The van der Waals surface area contributed by atoms with E-state index in [2.05, 4.69) is 35.3 Å². The van der Waals surface area contributed by atoms with Gasteiger partial charge in [0.05, 0.1) is 0 Å². The van der Waals surface area contributed by atoms with Gasteiger partial charge in [-0.25, -0.2) is 4.98 Å². The van der Waals surface area contributed by atoms with Crippen LogP contribution in [0.5, 0.6) is 0 Å². The molecule has 2 aromatic heterocycles. The molecule has 3 fully saturated rings. The number of nitrogen functional groups attached to an aromatic ring is 1. The second-order valence-electron chi connectivity index (χ2n) is 5.55. The van der Waals surface area contributed by atoms with Crippen LogP contribution >= 0.6 is 0 Å². The largest absolute Gasteiger partial charge is 0.368 e. The predicted octanol–water partition coefficient (Wildman–Crippen LogP) is -0.459. The van der Waals surface area contributed by atoms with Crippen molar-refractivity contribution in [3.8, 4) is 5.95 Å². The zero-order chi connectivity index (χ0) is 14.2. The first kappa shape index (κ1) is 12.5. The Morgan fingerprint density at radius 1 is 1.19 bits per heavy atom. The van der Waals surface area contributed by atoms with Crippen LogP contribution in [0.1, 0.15) is 12.8 Å². The Labute approximate surface area is 121 Å². The SMILES string of the molecule is Nc1nc(NC2CN3CCC2CC3)nc(-n2cncn2)n1. The summed E-state index contributed by atoms with van der Waals surface area (Å²) in [4.78, 5) is 19.0. The van der Waals surface area contributed by atoms with Crippen molar-refractivity contribution in [2.75, 3.05) is 30.7 Å². The maximum absolute atomic E-state index is 5.77. The van der Waals surface area contributed by atoms with Crippen molar-refractivity contribution >= 4 is 11.9 Å². The van der Waals surface area contributed by atoms with Crippen molar-refractivity contribution in [1.82, 2.24) is 34.6 Å². The molecule has 21 heavy (non-hydrogen) atoms. The Kier molecular flexibility index (Phi) is 2.92. The van der Waals surface area contributed by atoms with E-state index in [1.165, 1.54) is 43.3 Å². The molecule has 3 aliphatic rings. The molecule has 3 aliphatic heterocycles. The first-order chi connectivity index (χ1) is 10.3. The normalized spacial score (nSPS) is 27.7. The second kappa shape index (κ2) is 4.92. The van der Waals surface area contributed by atoms with Crippen LogP contribution < -0.4 is 11.1 Å². The molecule has 2 aromatic rings. The first-order valence-electron chi connectivity index (χ1n) is 7.13. The molecule has 3 saturated heterocycles. The van der Waals surface area contributed by atoms with Crippen LogP contribution in [-0.4, -0.2) is 60.3 Å². The molecular weight excluding hydrogens is 270 g/mol. The van der Waals surface area contributed by atoms with Crippen molar-refractivity contribution in [3.63, 3.8) is 0 Å². The number of hydrogen-bond acceptors (Lipinski definition) is 8. The van der Waals surface area contributed by atoms with Gasteiger partial charge in [0.15, 0.2) is 0 Å². The quantitative estimate of drug-likeness (QED) is 0.780. The number of aromatic nitrogens is 6. The summed E-state index contributed by atoms with van der Waals surface area (Å²) in [5.41, 5.74) is 5.77. The number of fused-ring (bicyclic) bond motifs is 3. The minimum Gasteiger partial charge on any atom is -0.368 e. The van der Waals surface area contributed by atoms with Gasteiger partial charge >= 0.3 is 0 Å². The summed E-state index contributed by atoms with van der Waals surface area (Å²) in [6, 6.07) is 0.373. The lowest BCUT2D eigenvalue weighted by atomic mass is 9.84. The highest BCUT2D eigenvalue weighted by molar-refractivity contribution is 5.36. The van der Waals surface area contributed by atoms with Gasteiger partial charge in [-0.1, -0.05) is 0 Å². The summed E-state index contributed by atoms with van der Waals surface area (Å²) in [7, 11) is 0. The van der Waals surface area contributed by atoms with E-state index in [9.17, 15) is 0 Å². The fourth-order valence-electron chi connectivity index (χ4n) is 3.15. The molecule has 9 heteroatoms. The van der Waals surface area contributed by atoms with Gasteiger partial charge in [-0.05, 0) is 31.8 Å². The molecule has 0 aromatic carbocycles. The van der Waals surface area contributed by atoms with Gasteiger partial charge in [-0.15, -0.1) is 0 Å². The van der Waals surface area contributed by atoms with Gasteiger partial charge in [-0.3, -0.25) is 0 Å². The third-order valence-corrected chi connectivity index (χ3v) is 4.24. The summed E-state index contributed by atoms with van der Waals surface area (Å²) in [5, 5.41) is 7.42. The molecular formula is C12H17N9. The Bertz CT molecular complexity index is 618. The monoisotopic (exact) mass is 287 g/mol.